The Balaban J connectivity index is 1.94. The third-order valence-electron chi connectivity index (χ3n) is 4.71. The third kappa shape index (κ3) is 3.90. The fourth-order valence-electron chi connectivity index (χ4n) is 3.36. The van der Waals surface area contributed by atoms with Crippen LogP contribution >= 0.6 is 23.2 Å². The van der Waals surface area contributed by atoms with Gasteiger partial charge in [-0.3, -0.25) is 0 Å². The van der Waals surface area contributed by atoms with Crippen LogP contribution in [0.4, 0.5) is 0 Å². The Morgan fingerprint density at radius 2 is 1.90 bits per heavy atom. The lowest BCUT2D eigenvalue weighted by Crippen LogP contribution is -2.26. The summed E-state index contributed by atoms with van der Waals surface area (Å²) in [5.74, 6) is 1.46. The number of halogens is 2. The maximum absolute atomic E-state index is 6.44. The Labute approximate surface area is 132 Å². The van der Waals surface area contributed by atoms with E-state index >= 15 is 0 Å². The average Bonchev–Trinajstić information content (AvgIpc) is 2.48. The molecule has 1 nitrogen and oxygen atoms in total. The molecular weight excluding hydrogens is 289 g/mol. The van der Waals surface area contributed by atoms with E-state index < -0.39 is 0 Å². The lowest BCUT2D eigenvalue weighted by atomic mass is 9.75. The first-order chi connectivity index (χ1) is 9.63. The predicted molar refractivity (Wildman–Crippen MR) is 88.4 cm³/mol. The quantitative estimate of drug-likeness (QED) is 0.709. The molecule has 0 heterocycles. The molecule has 0 aliphatic heterocycles. The van der Waals surface area contributed by atoms with Gasteiger partial charge in [0.05, 0.1) is 10.0 Å². The van der Waals surface area contributed by atoms with Crippen LogP contribution < -0.4 is 5.73 Å². The highest BCUT2D eigenvalue weighted by Crippen LogP contribution is 2.40. The lowest BCUT2D eigenvalue weighted by molar-refractivity contribution is 0.232. The Morgan fingerprint density at radius 1 is 1.20 bits per heavy atom. The summed E-state index contributed by atoms with van der Waals surface area (Å²) in [4.78, 5) is 0. The van der Waals surface area contributed by atoms with Crippen molar-refractivity contribution in [3.63, 3.8) is 0 Å². The normalized spacial score (nSPS) is 24.6. The van der Waals surface area contributed by atoms with E-state index in [-0.39, 0.29) is 6.04 Å². The van der Waals surface area contributed by atoms with Gasteiger partial charge >= 0.3 is 0 Å². The standard InChI is InChI=1S/C17H25Cl2N/c1-2-3-5-12-8-10-13(11-9-12)17(20)14-6-4-7-15(18)16(14)19/h4,6-7,12-13,17H,2-3,5,8-11,20H2,1H3. The van der Waals surface area contributed by atoms with Gasteiger partial charge < -0.3 is 5.73 Å². The van der Waals surface area contributed by atoms with Gasteiger partial charge in [0.25, 0.3) is 0 Å². The minimum absolute atomic E-state index is 0.0216. The number of unbranched alkanes of at least 4 members (excludes halogenated alkanes) is 1. The van der Waals surface area contributed by atoms with E-state index in [1.165, 1.54) is 44.9 Å². The fourth-order valence-corrected chi connectivity index (χ4v) is 3.79. The van der Waals surface area contributed by atoms with Crippen LogP contribution in [0.5, 0.6) is 0 Å². The van der Waals surface area contributed by atoms with Gasteiger partial charge in [-0.2, -0.15) is 0 Å². The molecule has 0 amide bonds. The van der Waals surface area contributed by atoms with E-state index in [1.54, 1.807) is 0 Å². The Hall–Kier alpha value is -0.240. The minimum Gasteiger partial charge on any atom is -0.324 e. The number of benzene rings is 1. The molecule has 1 aromatic rings. The molecule has 1 aliphatic carbocycles. The monoisotopic (exact) mass is 313 g/mol. The summed E-state index contributed by atoms with van der Waals surface area (Å²) in [6, 6.07) is 5.80. The molecule has 1 aliphatic rings. The molecule has 1 fully saturated rings. The molecule has 1 atom stereocenters. The van der Waals surface area contributed by atoms with E-state index in [0.717, 1.165) is 11.5 Å². The van der Waals surface area contributed by atoms with Crippen molar-refractivity contribution in [1.29, 1.82) is 0 Å². The van der Waals surface area contributed by atoms with Crippen LogP contribution in [-0.2, 0) is 0 Å². The molecule has 0 radical (unpaired) electrons. The second-order valence-corrected chi connectivity index (χ2v) is 6.88. The van der Waals surface area contributed by atoms with E-state index in [9.17, 15) is 0 Å². The summed E-state index contributed by atoms with van der Waals surface area (Å²) in [7, 11) is 0. The molecule has 2 N–H and O–H groups in total. The highest BCUT2D eigenvalue weighted by Gasteiger charge is 2.27. The van der Waals surface area contributed by atoms with Gasteiger partial charge in [-0.25, -0.2) is 0 Å². The Kier molecular flexibility index (Phi) is 6.20. The summed E-state index contributed by atoms with van der Waals surface area (Å²) in [5, 5.41) is 1.24. The van der Waals surface area contributed by atoms with Crippen LogP contribution in [0, 0.1) is 11.8 Å². The molecule has 3 heteroatoms. The maximum Gasteiger partial charge on any atom is 0.0640 e. The van der Waals surface area contributed by atoms with Crippen molar-refractivity contribution in [3.8, 4) is 0 Å². The van der Waals surface area contributed by atoms with Gasteiger partial charge in [0.2, 0.25) is 0 Å². The summed E-state index contributed by atoms with van der Waals surface area (Å²) in [6.45, 7) is 2.27. The van der Waals surface area contributed by atoms with Gasteiger partial charge in [-0.15, -0.1) is 0 Å². The zero-order chi connectivity index (χ0) is 14.5. The molecule has 20 heavy (non-hydrogen) atoms. The Bertz CT molecular complexity index is 425. The van der Waals surface area contributed by atoms with E-state index in [4.69, 9.17) is 28.9 Å². The molecule has 0 spiro atoms. The smallest absolute Gasteiger partial charge is 0.0640 e. The Morgan fingerprint density at radius 3 is 2.55 bits per heavy atom. The molecule has 1 aromatic carbocycles. The van der Waals surface area contributed by atoms with Crippen LogP contribution in [0.25, 0.3) is 0 Å². The van der Waals surface area contributed by atoms with Crippen molar-refractivity contribution < 1.29 is 0 Å². The first-order valence-electron chi connectivity index (χ1n) is 7.83. The molecule has 0 saturated heterocycles. The van der Waals surface area contributed by atoms with Gasteiger partial charge in [0.1, 0.15) is 0 Å². The molecule has 2 rings (SSSR count). The van der Waals surface area contributed by atoms with Crippen molar-refractivity contribution in [2.45, 2.75) is 57.9 Å². The molecule has 0 aromatic heterocycles. The largest absolute Gasteiger partial charge is 0.324 e. The van der Waals surface area contributed by atoms with Crippen molar-refractivity contribution in [3.05, 3.63) is 33.8 Å². The summed E-state index contributed by atoms with van der Waals surface area (Å²) in [6.07, 6.45) is 9.12. The van der Waals surface area contributed by atoms with Crippen LogP contribution in [0.3, 0.4) is 0 Å². The van der Waals surface area contributed by atoms with Gasteiger partial charge in [0.15, 0.2) is 0 Å². The topological polar surface area (TPSA) is 26.0 Å². The van der Waals surface area contributed by atoms with Crippen LogP contribution in [-0.4, -0.2) is 0 Å². The van der Waals surface area contributed by atoms with Crippen molar-refractivity contribution >= 4 is 23.2 Å². The molecule has 0 bridgehead atoms. The summed E-state index contributed by atoms with van der Waals surface area (Å²) < 4.78 is 0. The lowest BCUT2D eigenvalue weighted by Gasteiger charge is -2.32. The second kappa shape index (κ2) is 7.68. The van der Waals surface area contributed by atoms with E-state index in [0.29, 0.717) is 16.0 Å². The zero-order valence-corrected chi connectivity index (χ0v) is 13.8. The van der Waals surface area contributed by atoms with E-state index in [1.807, 2.05) is 18.2 Å². The minimum atomic E-state index is 0.0216. The van der Waals surface area contributed by atoms with Crippen molar-refractivity contribution in [2.75, 3.05) is 0 Å². The maximum atomic E-state index is 6.44. The van der Waals surface area contributed by atoms with Crippen LogP contribution in [0.1, 0.15) is 63.5 Å². The first kappa shape index (κ1) is 16.1. The van der Waals surface area contributed by atoms with Crippen LogP contribution in [0.2, 0.25) is 10.0 Å². The molecule has 112 valence electrons. The van der Waals surface area contributed by atoms with Gasteiger partial charge in [0, 0.05) is 6.04 Å². The highest BCUT2D eigenvalue weighted by molar-refractivity contribution is 6.42. The summed E-state index contributed by atoms with van der Waals surface area (Å²) in [5.41, 5.74) is 7.45. The number of hydrogen-bond acceptors (Lipinski definition) is 1. The third-order valence-corrected chi connectivity index (χ3v) is 5.54. The van der Waals surface area contributed by atoms with Crippen molar-refractivity contribution in [1.82, 2.24) is 0 Å². The zero-order valence-electron chi connectivity index (χ0n) is 12.2. The van der Waals surface area contributed by atoms with Gasteiger partial charge in [-0.05, 0) is 36.3 Å². The number of nitrogens with two attached hydrogens (primary N) is 1. The first-order valence-corrected chi connectivity index (χ1v) is 8.58. The highest BCUT2D eigenvalue weighted by atomic mass is 35.5. The predicted octanol–water partition coefficient (Wildman–Crippen LogP) is 5.99. The molecule has 1 unspecified atom stereocenters. The number of rotatable bonds is 5. The van der Waals surface area contributed by atoms with Crippen LogP contribution in [0.15, 0.2) is 18.2 Å². The second-order valence-electron chi connectivity index (χ2n) is 6.09. The SMILES string of the molecule is CCCCC1CCC(C(N)c2cccc(Cl)c2Cl)CC1. The molecular formula is C17H25Cl2N. The van der Waals surface area contributed by atoms with Gasteiger partial charge in [-0.1, -0.05) is 74.4 Å². The molecule has 1 saturated carbocycles. The average molecular weight is 314 g/mol. The van der Waals surface area contributed by atoms with Crippen molar-refractivity contribution in [2.24, 2.45) is 17.6 Å². The van der Waals surface area contributed by atoms with E-state index in [2.05, 4.69) is 6.92 Å². The fraction of sp³-hybridized carbons (Fsp3) is 0.647. The summed E-state index contributed by atoms with van der Waals surface area (Å²) >= 11 is 12.4. The number of hydrogen-bond donors (Lipinski definition) is 1.